The van der Waals surface area contributed by atoms with Crippen molar-refractivity contribution >= 4 is 11.6 Å². The van der Waals surface area contributed by atoms with Gasteiger partial charge in [0.05, 0.1) is 17.6 Å². The molecule has 0 bridgehead atoms. The van der Waals surface area contributed by atoms with Gasteiger partial charge >= 0.3 is 0 Å². The number of fused-ring (bicyclic) bond motifs is 1. The minimum absolute atomic E-state index is 0.0198. The summed E-state index contributed by atoms with van der Waals surface area (Å²) in [6.07, 6.45) is 4.91. The van der Waals surface area contributed by atoms with Crippen LogP contribution in [0.4, 0.5) is 0 Å². The van der Waals surface area contributed by atoms with Gasteiger partial charge in [-0.2, -0.15) is 5.10 Å². The molecule has 2 unspecified atom stereocenters. The Balaban J connectivity index is 1.70. The fourth-order valence-corrected chi connectivity index (χ4v) is 4.65. The van der Waals surface area contributed by atoms with E-state index in [1.807, 2.05) is 59.5 Å². The van der Waals surface area contributed by atoms with Crippen LogP contribution in [0.15, 0.2) is 72.9 Å². The Labute approximate surface area is 182 Å². The van der Waals surface area contributed by atoms with Gasteiger partial charge in [-0.25, -0.2) is 9.50 Å². The van der Waals surface area contributed by atoms with Crippen LogP contribution in [0.5, 0.6) is 0 Å². The molecule has 0 N–H and O–H groups in total. The van der Waals surface area contributed by atoms with Gasteiger partial charge < -0.3 is 4.90 Å². The maximum absolute atomic E-state index is 13.6. The minimum atomic E-state index is 0.0198. The lowest BCUT2D eigenvalue weighted by Gasteiger charge is -2.38. The Morgan fingerprint density at radius 3 is 2.16 bits per heavy atom. The lowest BCUT2D eigenvalue weighted by atomic mass is 9.96. The summed E-state index contributed by atoms with van der Waals surface area (Å²) in [6, 6.07) is 22.7. The molecular formula is C26H26N4O. The van der Waals surface area contributed by atoms with Crippen molar-refractivity contribution in [2.75, 3.05) is 0 Å². The van der Waals surface area contributed by atoms with Gasteiger partial charge in [-0.3, -0.25) is 4.79 Å². The fraction of sp³-hybridized carbons (Fsp3) is 0.269. The van der Waals surface area contributed by atoms with Crippen molar-refractivity contribution in [3.05, 3.63) is 78.5 Å². The van der Waals surface area contributed by atoms with Crippen LogP contribution in [-0.2, 0) is 0 Å². The molecular weight excluding hydrogens is 384 g/mol. The Morgan fingerprint density at radius 2 is 1.52 bits per heavy atom. The summed E-state index contributed by atoms with van der Waals surface area (Å²) in [5.41, 5.74) is 4.98. The topological polar surface area (TPSA) is 50.5 Å². The zero-order chi connectivity index (χ0) is 21.4. The fourth-order valence-electron chi connectivity index (χ4n) is 4.65. The third kappa shape index (κ3) is 3.50. The van der Waals surface area contributed by atoms with E-state index in [0.717, 1.165) is 41.8 Å². The van der Waals surface area contributed by atoms with Gasteiger partial charge in [-0.05, 0) is 39.2 Å². The number of carbonyl (C=O) groups excluding carboxylic acids is 1. The Kier molecular flexibility index (Phi) is 5.02. The molecule has 0 saturated carbocycles. The van der Waals surface area contributed by atoms with Crippen LogP contribution >= 0.6 is 0 Å². The zero-order valence-electron chi connectivity index (χ0n) is 17.9. The van der Waals surface area contributed by atoms with Crippen molar-refractivity contribution < 1.29 is 4.79 Å². The van der Waals surface area contributed by atoms with Crippen LogP contribution in [0.25, 0.3) is 28.2 Å². The van der Waals surface area contributed by atoms with Crippen molar-refractivity contribution in [2.24, 2.45) is 0 Å². The number of likely N-dealkylation sites (tertiary alicyclic amines) is 1. The van der Waals surface area contributed by atoms with E-state index < -0.39 is 0 Å². The predicted molar refractivity (Wildman–Crippen MR) is 123 cm³/mol. The molecule has 5 rings (SSSR count). The quantitative estimate of drug-likeness (QED) is 0.450. The molecule has 5 heteroatoms. The monoisotopic (exact) mass is 410 g/mol. The van der Waals surface area contributed by atoms with E-state index in [-0.39, 0.29) is 18.0 Å². The maximum Gasteiger partial charge on any atom is 0.259 e. The first-order valence-electron chi connectivity index (χ1n) is 11.0. The third-order valence-corrected chi connectivity index (χ3v) is 6.27. The summed E-state index contributed by atoms with van der Waals surface area (Å²) in [7, 11) is 0. The van der Waals surface area contributed by atoms with Crippen molar-refractivity contribution in [3.63, 3.8) is 0 Å². The molecule has 1 aliphatic heterocycles. The van der Waals surface area contributed by atoms with Crippen LogP contribution in [0.3, 0.4) is 0 Å². The summed E-state index contributed by atoms with van der Waals surface area (Å²) in [6.45, 7) is 4.27. The first kappa shape index (κ1) is 19.5. The van der Waals surface area contributed by atoms with Crippen LogP contribution in [0.1, 0.15) is 43.5 Å². The smallest absolute Gasteiger partial charge is 0.259 e. The maximum atomic E-state index is 13.6. The standard InChI is InChI=1S/C26H26N4O/c1-18-10-9-11-19(2)29(18)26(31)22-17-27-30-24(21-14-7-4-8-15-21)16-23(28-25(22)30)20-12-5-3-6-13-20/h3-8,12-19H,9-11H2,1-2H3. The molecule has 1 saturated heterocycles. The molecule has 156 valence electrons. The summed E-state index contributed by atoms with van der Waals surface area (Å²) < 4.78 is 1.80. The molecule has 0 radical (unpaired) electrons. The van der Waals surface area contributed by atoms with Gasteiger partial charge in [-0.15, -0.1) is 0 Å². The molecule has 3 heterocycles. The van der Waals surface area contributed by atoms with Crippen molar-refractivity contribution in [1.82, 2.24) is 19.5 Å². The molecule has 2 aromatic heterocycles. The first-order chi connectivity index (χ1) is 15.1. The van der Waals surface area contributed by atoms with Crippen molar-refractivity contribution in [2.45, 2.75) is 45.2 Å². The van der Waals surface area contributed by atoms with E-state index in [4.69, 9.17) is 4.98 Å². The average Bonchev–Trinajstić information content (AvgIpc) is 3.23. The molecule has 2 aromatic carbocycles. The predicted octanol–water partition coefficient (Wildman–Crippen LogP) is 5.47. The Hall–Kier alpha value is -3.47. The molecule has 1 fully saturated rings. The number of hydrogen-bond acceptors (Lipinski definition) is 3. The van der Waals surface area contributed by atoms with Crippen LogP contribution in [-0.4, -0.2) is 37.5 Å². The summed E-state index contributed by atoms with van der Waals surface area (Å²) in [4.78, 5) is 20.5. The number of benzene rings is 2. The summed E-state index contributed by atoms with van der Waals surface area (Å²) >= 11 is 0. The molecule has 5 nitrogen and oxygen atoms in total. The van der Waals surface area contributed by atoms with E-state index in [1.54, 1.807) is 10.7 Å². The Morgan fingerprint density at radius 1 is 0.903 bits per heavy atom. The average molecular weight is 411 g/mol. The number of rotatable bonds is 3. The van der Waals surface area contributed by atoms with E-state index in [1.165, 1.54) is 0 Å². The normalized spacial score (nSPS) is 19.0. The van der Waals surface area contributed by atoms with Crippen LogP contribution < -0.4 is 0 Å². The zero-order valence-corrected chi connectivity index (χ0v) is 17.9. The molecule has 4 aromatic rings. The molecule has 2 atom stereocenters. The van der Waals surface area contributed by atoms with Gasteiger partial charge in [0, 0.05) is 23.2 Å². The highest BCUT2D eigenvalue weighted by Crippen LogP contribution is 2.30. The number of aromatic nitrogens is 3. The SMILES string of the molecule is CC1CCCC(C)N1C(=O)c1cnn2c(-c3ccccc3)cc(-c3ccccc3)nc12. The molecule has 0 spiro atoms. The Bertz CT molecular complexity index is 1210. The number of hydrogen-bond donors (Lipinski definition) is 0. The number of piperidine rings is 1. The van der Waals surface area contributed by atoms with Gasteiger partial charge in [-0.1, -0.05) is 60.7 Å². The van der Waals surface area contributed by atoms with Crippen molar-refractivity contribution in [3.8, 4) is 22.5 Å². The second-order valence-electron chi connectivity index (χ2n) is 8.39. The van der Waals surface area contributed by atoms with Crippen LogP contribution in [0.2, 0.25) is 0 Å². The van der Waals surface area contributed by atoms with Gasteiger partial charge in [0.1, 0.15) is 5.56 Å². The lowest BCUT2D eigenvalue weighted by Crippen LogP contribution is -2.47. The highest BCUT2D eigenvalue weighted by Gasteiger charge is 2.32. The largest absolute Gasteiger partial charge is 0.333 e. The molecule has 1 amide bonds. The summed E-state index contributed by atoms with van der Waals surface area (Å²) in [5, 5.41) is 4.60. The summed E-state index contributed by atoms with van der Waals surface area (Å²) in [5.74, 6) is 0.0198. The van der Waals surface area contributed by atoms with Gasteiger partial charge in [0.15, 0.2) is 5.65 Å². The van der Waals surface area contributed by atoms with E-state index in [2.05, 4.69) is 31.1 Å². The third-order valence-electron chi connectivity index (χ3n) is 6.27. The second-order valence-corrected chi connectivity index (χ2v) is 8.39. The van der Waals surface area contributed by atoms with Gasteiger partial charge in [0.2, 0.25) is 0 Å². The minimum Gasteiger partial charge on any atom is -0.333 e. The molecule has 31 heavy (non-hydrogen) atoms. The van der Waals surface area contributed by atoms with Gasteiger partial charge in [0.25, 0.3) is 5.91 Å². The highest BCUT2D eigenvalue weighted by molar-refractivity contribution is 6.00. The van der Waals surface area contributed by atoms with Crippen molar-refractivity contribution in [1.29, 1.82) is 0 Å². The lowest BCUT2D eigenvalue weighted by molar-refractivity contribution is 0.0512. The number of amides is 1. The van der Waals surface area contributed by atoms with Crippen LogP contribution in [0, 0.1) is 0 Å². The highest BCUT2D eigenvalue weighted by atomic mass is 16.2. The second kappa shape index (κ2) is 7.99. The van der Waals surface area contributed by atoms with E-state index in [0.29, 0.717) is 11.2 Å². The van der Waals surface area contributed by atoms with E-state index in [9.17, 15) is 4.79 Å². The number of nitrogens with zero attached hydrogens (tertiary/aromatic N) is 4. The number of carbonyl (C=O) groups is 1. The van der Waals surface area contributed by atoms with E-state index >= 15 is 0 Å². The molecule has 1 aliphatic rings. The molecule has 0 aliphatic carbocycles. The first-order valence-corrected chi connectivity index (χ1v) is 11.0.